The van der Waals surface area contributed by atoms with E-state index >= 15 is 0 Å². The van der Waals surface area contributed by atoms with E-state index in [9.17, 15) is 5.11 Å². The molecule has 1 aliphatic rings. The van der Waals surface area contributed by atoms with Gasteiger partial charge in [-0.25, -0.2) is 0 Å². The molecule has 2 aromatic rings. The van der Waals surface area contributed by atoms with Gasteiger partial charge in [-0.15, -0.1) is 10.2 Å². The number of piperidine rings is 1. The summed E-state index contributed by atoms with van der Waals surface area (Å²) in [4.78, 5) is 6.60. The van der Waals surface area contributed by atoms with E-state index in [4.69, 9.17) is 4.52 Å². The van der Waals surface area contributed by atoms with Crippen molar-refractivity contribution in [1.29, 1.82) is 0 Å². The molecule has 3 rings (SSSR count). The maximum atomic E-state index is 9.25. The molecule has 3 heterocycles. The summed E-state index contributed by atoms with van der Waals surface area (Å²) in [7, 11) is 1.90. The van der Waals surface area contributed by atoms with Crippen LogP contribution in [0.4, 0.5) is 5.95 Å². The number of hydrogen-bond acceptors (Lipinski definition) is 7. The quantitative estimate of drug-likeness (QED) is 0.881. The van der Waals surface area contributed by atoms with Gasteiger partial charge in [0.25, 0.3) is 5.95 Å². The van der Waals surface area contributed by atoms with Crippen LogP contribution in [0.25, 0.3) is 0 Å². The molecule has 1 N–H and O–H groups in total. The van der Waals surface area contributed by atoms with E-state index in [1.165, 1.54) is 0 Å². The Balaban J connectivity index is 1.74. The predicted octanol–water partition coefficient (Wildman–Crippen LogP) is 1.03. The standard InChI is InChI=1S/C14H22N6O2/c1-3-5-12-15-14(18-22-12)20-7-4-6-10(8-20)13-17-16-11(9-21)19(13)2/h10,21H,3-9H2,1-2H3. The van der Waals surface area contributed by atoms with Crippen LogP contribution in [0.5, 0.6) is 0 Å². The Kier molecular flexibility index (Phi) is 4.37. The van der Waals surface area contributed by atoms with Crippen molar-refractivity contribution in [2.24, 2.45) is 7.05 Å². The first-order valence-electron chi connectivity index (χ1n) is 7.79. The molecule has 8 nitrogen and oxygen atoms in total. The molecule has 1 aliphatic heterocycles. The topological polar surface area (TPSA) is 93.1 Å². The van der Waals surface area contributed by atoms with E-state index in [1.54, 1.807) is 0 Å². The second-order valence-electron chi connectivity index (χ2n) is 5.71. The van der Waals surface area contributed by atoms with Crippen molar-refractivity contribution in [3.63, 3.8) is 0 Å². The highest BCUT2D eigenvalue weighted by Gasteiger charge is 2.28. The third-order valence-corrected chi connectivity index (χ3v) is 4.13. The Bertz CT molecular complexity index is 623. The molecule has 120 valence electrons. The lowest BCUT2D eigenvalue weighted by molar-refractivity contribution is 0.266. The third-order valence-electron chi connectivity index (χ3n) is 4.13. The van der Waals surface area contributed by atoms with Gasteiger partial charge in [0.05, 0.1) is 0 Å². The summed E-state index contributed by atoms with van der Waals surface area (Å²) in [5.74, 6) is 3.13. The lowest BCUT2D eigenvalue weighted by Gasteiger charge is -2.31. The van der Waals surface area contributed by atoms with Crippen LogP contribution in [0.2, 0.25) is 0 Å². The van der Waals surface area contributed by atoms with Crippen LogP contribution < -0.4 is 4.90 Å². The van der Waals surface area contributed by atoms with Gasteiger partial charge in [-0.1, -0.05) is 6.92 Å². The zero-order valence-electron chi connectivity index (χ0n) is 13.1. The molecule has 1 atom stereocenters. The van der Waals surface area contributed by atoms with Gasteiger partial charge >= 0.3 is 0 Å². The van der Waals surface area contributed by atoms with Gasteiger partial charge in [0.1, 0.15) is 12.4 Å². The van der Waals surface area contributed by atoms with Crippen LogP contribution in [-0.2, 0) is 20.1 Å². The molecule has 8 heteroatoms. The van der Waals surface area contributed by atoms with Crippen LogP contribution in [0.15, 0.2) is 4.52 Å². The van der Waals surface area contributed by atoms with Crippen LogP contribution in [0.3, 0.4) is 0 Å². The smallest absolute Gasteiger partial charge is 0.266 e. The highest BCUT2D eigenvalue weighted by molar-refractivity contribution is 5.30. The molecular weight excluding hydrogens is 284 g/mol. The van der Waals surface area contributed by atoms with Crippen molar-refractivity contribution in [3.05, 3.63) is 17.5 Å². The fourth-order valence-corrected chi connectivity index (χ4v) is 2.93. The molecule has 1 saturated heterocycles. The number of aromatic nitrogens is 5. The van der Waals surface area contributed by atoms with Crippen molar-refractivity contribution in [3.8, 4) is 0 Å². The predicted molar refractivity (Wildman–Crippen MR) is 79.4 cm³/mol. The molecule has 1 fully saturated rings. The SMILES string of the molecule is CCCc1nc(N2CCCC(c3nnc(CO)n3C)C2)no1. The number of aliphatic hydroxyl groups excluding tert-OH is 1. The number of nitrogens with zero attached hydrogens (tertiary/aromatic N) is 6. The number of aryl methyl sites for hydroxylation is 1. The Morgan fingerprint density at radius 3 is 2.95 bits per heavy atom. The number of hydrogen-bond donors (Lipinski definition) is 1. The summed E-state index contributed by atoms with van der Waals surface area (Å²) in [5, 5.41) is 21.6. The van der Waals surface area contributed by atoms with Gasteiger partial charge in [0.15, 0.2) is 5.82 Å². The molecular formula is C14H22N6O2. The first-order chi connectivity index (χ1) is 10.7. The molecule has 0 aliphatic carbocycles. The highest BCUT2D eigenvalue weighted by Crippen LogP contribution is 2.28. The minimum Gasteiger partial charge on any atom is -0.388 e. The maximum Gasteiger partial charge on any atom is 0.266 e. The fraction of sp³-hybridized carbons (Fsp3) is 0.714. The van der Waals surface area contributed by atoms with Gasteiger partial charge < -0.3 is 19.1 Å². The Labute approximate surface area is 129 Å². The van der Waals surface area contributed by atoms with E-state index in [0.717, 1.165) is 44.6 Å². The average Bonchev–Trinajstić information content (AvgIpc) is 3.14. The van der Waals surface area contributed by atoms with Gasteiger partial charge in [0, 0.05) is 32.5 Å². The van der Waals surface area contributed by atoms with Gasteiger partial charge in [-0.05, 0) is 24.4 Å². The van der Waals surface area contributed by atoms with E-state index in [0.29, 0.717) is 17.7 Å². The average molecular weight is 306 g/mol. The minimum absolute atomic E-state index is 0.0921. The molecule has 0 spiro atoms. The monoisotopic (exact) mass is 306 g/mol. The first kappa shape index (κ1) is 15.0. The Morgan fingerprint density at radius 2 is 2.23 bits per heavy atom. The zero-order valence-corrected chi connectivity index (χ0v) is 13.1. The van der Waals surface area contributed by atoms with Crippen LogP contribution in [0, 0.1) is 0 Å². The van der Waals surface area contributed by atoms with Crippen molar-refractivity contribution >= 4 is 5.95 Å². The molecule has 0 aromatic carbocycles. The van der Waals surface area contributed by atoms with E-state index in [2.05, 4.69) is 32.2 Å². The fourth-order valence-electron chi connectivity index (χ4n) is 2.93. The Morgan fingerprint density at radius 1 is 1.36 bits per heavy atom. The number of anilines is 1. The molecule has 22 heavy (non-hydrogen) atoms. The number of rotatable bonds is 5. The second kappa shape index (κ2) is 6.43. The first-order valence-corrected chi connectivity index (χ1v) is 7.79. The summed E-state index contributed by atoms with van der Waals surface area (Å²) < 4.78 is 7.16. The van der Waals surface area contributed by atoms with Crippen LogP contribution in [-0.4, -0.2) is 43.1 Å². The lowest BCUT2D eigenvalue weighted by atomic mass is 9.97. The molecule has 2 aromatic heterocycles. The maximum absolute atomic E-state index is 9.25. The summed E-state index contributed by atoms with van der Waals surface area (Å²) >= 11 is 0. The molecule has 1 unspecified atom stereocenters. The van der Waals surface area contributed by atoms with Crippen LogP contribution >= 0.6 is 0 Å². The minimum atomic E-state index is -0.0921. The molecule has 0 radical (unpaired) electrons. The van der Waals surface area contributed by atoms with Gasteiger partial charge in [0.2, 0.25) is 5.89 Å². The molecule has 0 saturated carbocycles. The molecule has 0 amide bonds. The van der Waals surface area contributed by atoms with E-state index < -0.39 is 0 Å². The normalized spacial score (nSPS) is 18.9. The van der Waals surface area contributed by atoms with Gasteiger partial charge in [-0.2, -0.15) is 4.98 Å². The highest BCUT2D eigenvalue weighted by atomic mass is 16.5. The van der Waals surface area contributed by atoms with E-state index in [-0.39, 0.29) is 12.5 Å². The number of aliphatic hydroxyl groups is 1. The van der Waals surface area contributed by atoms with Crippen molar-refractivity contribution in [1.82, 2.24) is 24.9 Å². The summed E-state index contributed by atoms with van der Waals surface area (Å²) in [6.45, 7) is 3.72. The summed E-state index contributed by atoms with van der Waals surface area (Å²) in [5.41, 5.74) is 0. The zero-order chi connectivity index (χ0) is 15.5. The lowest BCUT2D eigenvalue weighted by Crippen LogP contribution is -2.36. The third kappa shape index (κ3) is 2.83. The van der Waals surface area contributed by atoms with Crippen LogP contribution in [0.1, 0.15) is 49.6 Å². The van der Waals surface area contributed by atoms with Crippen molar-refractivity contribution in [2.75, 3.05) is 18.0 Å². The van der Waals surface area contributed by atoms with Crippen molar-refractivity contribution < 1.29 is 9.63 Å². The van der Waals surface area contributed by atoms with E-state index in [1.807, 2.05) is 11.6 Å². The molecule has 0 bridgehead atoms. The van der Waals surface area contributed by atoms with Gasteiger partial charge in [-0.3, -0.25) is 0 Å². The Hall–Kier alpha value is -1.96. The largest absolute Gasteiger partial charge is 0.388 e. The summed E-state index contributed by atoms with van der Waals surface area (Å²) in [6.07, 6.45) is 3.90. The second-order valence-corrected chi connectivity index (χ2v) is 5.71. The summed E-state index contributed by atoms with van der Waals surface area (Å²) in [6, 6.07) is 0. The van der Waals surface area contributed by atoms with Crippen molar-refractivity contribution in [2.45, 2.75) is 45.1 Å².